The molecule has 8 heteroatoms. The van der Waals surface area contributed by atoms with Crippen LogP contribution in [0.1, 0.15) is 29.4 Å². The highest BCUT2D eigenvalue weighted by molar-refractivity contribution is 5.38. The molecule has 0 aliphatic heterocycles. The van der Waals surface area contributed by atoms with Crippen LogP contribution >= 0.6 is 0 Å². The van der Waals surface area contributed by atoms with Gasteiger partial charge in [0.15, 0.2) is 13.6 Å². The van der Waals surface area contributed by atoms with Gasteiger partial charge < -0.3 is 28.4 Å². The van der Waals surface area contributed by atoms with Gasteiger partial charge in [-0.15, -0.1) is 0 Å². The van der Waals surface area contributed by atoms with Crippen LogP contribution in [-0.2, 0) is 18.9 Å². The summed E-state index contributed by atoms with van der Waals surface area (Å²) in [6.45, 7) is 1.59. The lowest BCUT2D eigenvalue weighted by molar-refractivity contribution is -0.00858. The molecule has 0 radical (unpaired) electrons. The molecule has 0 saturated carbocycles. The zero-order chi connectivity index (χ0) is 23.7. The number of methoxy groups -OCH3 is 2. The van der Waals surface area contributed by atoms with Crippen LogP contribution in [0.4, 0.5) is 4.39 Å². The first-order valence-electron chi connectivity index (χ1n) is 10.8. The maximum absolute atomic E-state index is 13.4. The Morgan fingerprint density at radius 2 is 1.24 bits per heavy atom. The molecule has 0 aromatic heterocycles. The number of alkyl halides is 1. The van der Waals surface area contributed by atoms with Gasteiger partial charge in [-0.25, -0.2) is 0 Å². The summed E-state index contributed by atoms with van der Waals surface area (Å²) in [6, 6.07) is 16.9. The third-order valence-corrected chi connectivity index (χ3v) is 4.99. The van der Waals surface area contributed by atoms with Crippen LogP contribution in [0, 0.1) is 11.3 Å². The summed E-state index contributed by atoms with van der Waals surface area (Å²) < 4.78 is 44.9. The molecule has 0 saturated heterocycles. The quantitative estimate of drug-likeness (QED) is 0.255. The molecule has 2 aromatic rings. The van der Waals surface area contributed by atoms with Crippen molar-refractivity contribution in [2.24, 2.45) is 0 Å². The van der Waals surface area contributed by atoms with E-state index < -0.39 is 12.6 Å². The van der Waals surface area contributed by atoms with Crippen molar-refractivity contribution in [1.29, 1.82) is 5.26 Å². The third kappa shape index (κ3) is 9.36. The number of nitriles is 1. The molecule has 2 atom stereocenters. The Morgan fingerprint density at radius 1 is 0.758 bits per heavy atom. The minimum absolute atomic E-state index is 0.112. The number of halogens is 1. The standard InChI is InChI=1S/C25H32FNO6/c1-28-13-15-30-18-32-22-7-3-20(4-8-22)24(11-12-26)25(17-27)21-5-9-23(10-6-21)33-19-31-16-14-29-2/h3-10,24-25H,11-16,18-19H2,1-2H3/t24-,25+/m0/s1. The van der Waals surface area contributed by atoms with Crippen molar-refractivity contribution >= 4 is 0 Å². The van der Waals surface area contributed by atoms with Crippen molar-refractivity contribution < 1.29 is 32.8 Å². The molecule has 0 aliphatic carbocycles. The van der Waals surface area contributed by atoms with Gasteiger partial charge in [-0.1, -0.05) is 24.3 Å². The highest BCUT2D eigenvalue weighted by atomic mass is 19.1. The molecule has 0 heterocycles. The van der Waals surface area contributed by atoms with E-state index >= 15 is 0 Å². The molecule has 0 spiro atoms. The first-order valence-corrected chi connectivity index (χ1v) is 10.8. The highest BCUT2D eigenvalue weighted by Crippen LogP contribution is 2.36. The van der Waals surface area contributed by atoms with Gasteiger partial charge in [-0.3, -0.25) is 4.39 Å². The summed E-state index contributed by atoms with van der Waals surface area (Å²) in [6.07, 6.45) is 0.240. The topological polar surface area (TPSA) is 79.2 Å². The fraction of sp³-hybridized carbons (Fsp3) is 0.480. The lowest BCUT2D eigenvalue weighted by atomic mass is 9.80. The Kier molecular flexibility index (Phi) is 12.9. The van der Waals surface area contributed by atoms with Crippen LogP contribution in [0.25, 0.3) is 0 Å². The Labute approximate surface area is 194 Å². The first-order chi connectivity index (χ1) is 16.2. The number of hydrogen-bond acceptors (Lipinski definition) is 7. The lowest BCUT2D eigenvalue weighted by Crippen LogP contribution is -2.12. The lowest BCUT2D eigenvalue weighted by Gasteiger charge is -2.22. The van der Waals surface area contributed by atoms with Gasteiger partial charge >= 0.3 is 0 Å². The molecule has 2 aromatic carbocycles. The number of nitrogens with zero attached hydrogens (tertiary/aromatic N) is 1. The van der Waals surface area contributed by atoms with Crippen LogP contribution < -0.4 is 9.47 Å². The predicted octanol–water partition coefficient (Wildman–Crippen LogP) is 4.44. The van der Waals surface area contributed by atoms with Gasteiger partial charge in [0.05, 0.1) is 45.1 Å². The van der Waals surface area contributed by atoms with E-state index in [9.17, 15) is 9.65 Å². The summed E-state index contributed by atoms with van der Waals surface area (Å²) in [5.74, 6) is 0.468. The molecule has 0 aliphatic rings. The van der Waals surface area contributed by atoms with Gasteiger partial charge in [0.1, 0.15) is 11.5 Å². The van der Waals surface area contributed by atoms with E-state index in [4.69, 9.17) is 28.4 Å². The molecular weight excluding hydrogens is 429 g/mol. The van der Waals surface area contributed by atoms with Crippen LogP contribution in [0.2, 0.25) is 0 Å². The Hall–Kier alpha value is -2.70. The molecule has 180 valence electrons. The third-order valence-electron chi connectivity index (χ3n) is 4.99. The summed E-state index contributed by atoms with van der Waals surface area (Å²) >= 11 is 0. The number of benzene rings is 2. The second kappa shape index (κ2) is 16.0. The average molecular weight is 462 g/mol. The van der Waals surface area contributed by atoms with E-state index in [2.05, 4.69) is 6.07 Å². The van der Waals surface area contributed by atoms with E-state index in [1.54, 1.807) is 38.5 Å². The maximum atomic E-state index is 13.4. The molecule has 33 heavy (non-hydrogen) atoms. The first kappa shape index (κ1) is 26.6. The maximum Gasteiger partial charge on any atom is 0.189 e. The van der Waals surface area contributed by atoms with Gasteiger partial charge in [-0.2, -0.15) is 5.26 Å². The molecule has 0 bridgehead atoms. The van der Waals surface area contributed by atoms with Crippen molar-refractivity contribution in [1.82, 2.24) is 0 Å². The van der Waals surface area contributed by atoms with Crippen molar-refractivity contribution in [2.75, 3.05) is 60.9 Å². The highest BCUT2D eigenvalue weighted by Gasteiger charge is 2.25. The van der Waals surface area contributed by atoms with E-state index in [1.807, 2.05) is 24.3 Å². The summed E-state index contributed by atoms with van der Waals surface area (Å²) in [5.41, 5.74) is 1.68. The number of hydrogen-bond donors (Lipinski definition) is 0. The number of rotatable bonds is 17. The van der Waals surface area contributed by atoms with Gasteiger partial charge in [0, 0.05) is 20.1 Å². The average Bonchev–Trinajstić information content (AvgIpc) is 2.85. The zero-order valence-electron chi connectivity index (χ0n) is 19.2. The fourth-order valence-electron chi connectivity index (χ4n) is 3.24. The van der Waals surface area contributed by atoms with Gasteiger partial charge in [0.2, 0.25) is 0 Å². The van der Waals surface area contributed by atoms with Crippen molar-refractivity contribution in [3.63, 3.8) is 0 Å². The van der Waals surface area contributed by atoms with Crippen molar-refractivity contribution in [2.45, 2.75) is 18.3 Å². The molecule has 0 amide bonds. The molecule has 0 unspecified atom stereocenters. The minimum atomic E-state index is -0.519. The monoisotopic (exact) mass is 461 g/mol. The summed E-state index contributed by atoms with van der Waals surface area (Å²) in [5, 5.41) is 9.89. The summed E-state index contributed by atoms with van der Waals surface area (Å²) in [4.78, 5) is 0. The second-order valence-electron chi connectivity index (χ2n) is 7.16. The van der Waals surface area contributed by atoms with E-state index in [0.717, 1.165) is 11.1 Å². The van der Waals surface area contributed by atoms with E-state index in [0.29, 0.717) is 37.9 Å². The number of ether oxygens (including phenoxy) is 6. The SMILES string of the molecule is COCCOCOc1ccc([C@@H](C#N)[C@@H](CCF)c2ccc(OCOCCOC)cc2)cc1. The smallest absolute Gasteiger partial charge is 0.189 e. The Balaban J connectivity index is 2.00. The van der Waals surface area contributed by atoms with E-state index in [1.165, 1.54) is 0 Å². The largest absolute Gasteiger partial charge is 0.468 e. The van der Waals surface area contributed by atoms with Gasteiger partial charge in [-0.05, 0) is 41.8 Å². The van der Waals surface area contributed by atoms with Gasteiger partial charge in [0.25, 0.3) is 0 Å². The van der Waals surface area contributed by atoms with Crippen LogP contribution in [0.5, 0.6) is 11.5 Å². The Morgan fingerprint density at radius 3 is 1.67 bits per heavy atom. The normalized spacial score (nSPS) is 12.7. The van der Waals surface area contributed by atoms with Crippen LogP contribution in [0.3, 0.4) is 0 Å². The molecule has 0 N–H and O–H groups in total. The van der Waals surface area contributed by atoms with Crippen molar-refractivity contribution in [3.8, 4) is 17.6 Å². The van der Waals surface area contributed by atoms with E-state index in [-0.39, 0.29) is 25.9 Å². The fourth-order valence-corrected chi connectivity index (χ4v) is 3.24. The minimum Gasteiger partial charge on any atom is -0.468 e. The Bertz CT molecular complexity index is 809. The van der Waals surface area contributed by atoms with Crippen LogP contribution in [0.15, 0.2) is 48.5 Å². The molecular formula is C25H32FNO6. The predicted molar refractivity (Wildman–Crippen MR) is 121 cm³/mol. The zero-order valence-corrected chi connectivity index (χ0v) is 19.2. The molecule has 0 fully saturated rings. The summed E-state index contributed by atoms with van der Waals surface area (Å²) in [7, 11) is 3.21. The second-order valence-corrected chi connectivity index (χ2v) is 7.16. The van der Waals surface area contributed by atoms with Crippen molar-refractivity contribution in [3.05, 3.63) is 59.7 Å². The molecule has 7 nitrogen and oxygen atoms in total. The molecule has 2 rings (SSSR count). The van der Waals surface area contributed by atoms with Crippen LogP contribution in [-0.4, -0.2) is 60.9 Å².